The smallest absolute Gasteiger partial charge is 0.373 e. The Balaban J connectivity index is 0.000000595. The van der Waals surface area contributed by atoms with Crippen LogP contribution < -0.4 is 0 Å². The minimum Gasteiger partial charge on any atom is -0.462 e. The van der Waals surface area contributed by atoms with Gasteiger partial charge in [-0.25, -0.2) is 0 Å². The lowest BCUT2D eigenvalue weighted by Gasteiger charge is -2.46. The van der Waals surface area contributed by atoms with Gasteiger partial charge >= 0.3 is 18.1 Å². The Morgan fingerprint density at radius 1 is 1.30 bits per heavy atom. The number of rotatable bonds is 3. The average molecular weight is 324 g/mol. The molecule has 0 radical (unpaired) electrons. The molecule has 0 aromatic heterocycles. The third-order valence-corrected chi connectivity index (χ3v) is 5.45. The highest BCUT2D eigenvalue weighted by molar-refractivity contribution is 5.77. The lowest BCUT2D eigenvalue weighted by molar-refractivity contribution is -0.192. The van der Waals surface area contributed by atoms with Gasteiger partial charge in [-0.05, 0) is 45.4 Å². The zero-order chi connectivity index (χ0) is 17.3. The summed E-state index contributed by atoms with van der Waals surface area (Å²) in [6.45, 7) is 5.84. The minimum atomic E-state index is -0.455. The van der Waals surface area contributed by atoms with Crippen LogP contribution in [0.1, 0.15) is 59.3 Å². The van der Waals surface area contributed by atoms with Crippen molar-refractivity contribution in [2.75, 3.05) is 0 Å². The highest BCUT2D eigenvalue weighted by atomic mass is 16.6. The van der Waals surface area contributed by atoms with E-state index in [1.165, 1.54) is 0 Å². The summed E-state index contributed by atoms with van der Waals surface area (Å²) in [5.41, 5.74) is -0.908. The third kappa shape index (κ3) is 3.63. The number of carbonyl (C=O) groups excluding carboxylic acids is 4. The number of fused-ring (bicyclic) bond motifs is 1. The quantitative estimate of drug-likeness (QED) is 0.740. The summed E-state index contributed by atoms with van der Waals surface area (Å²) in [6.07, 6.45) is 5.06. The molecule has 4 bridgehead atoms. The summed E-state index contributed by atoms with van der Waals surface area (Å²) in [7, 11) is 0. The van der Waals surface area contributed by atoms with Crippen molar-refractivity contribution in [3.8, 4) is 0 Å². The van der Waals surface area contributed by atoms with Gasteiger partial charge in [-0.2, -0.15) is 9.59 Å². The number of ether oxygens (including phenoxy) is 2. The van der Waals surface area contributed by atoms with Crippen LogP contribution in [-0.4, -0.2) is 29.8 Å². The van der Waals surface area contributed by atoms with Gasteiger partial charge in [0.1, 0.15) is 11.7 Å². The Labute approximate surface area is 135 Å². The van der Waals surface area contributed by atoms with Crippen LogP contribution in [0, 0.1) is 17.3 Å². The van der Waals surface area contributed by atoms with Crippen LogP contribution in [0.2, 0.25) is 0 Å². The zero-order valence-corrected chi connectivity index (χ0v) is 13.9. The molecule has 4 fully saturated rings. The summed E-state index contributed by atoms with van der Waals surface area (Å²) >= 11 is 0. The molecule has 0 aromatic rings. The van der Waals surface area contributed by atoms with Crippen LogP contribution >= 0.6 is 0 Å². The van der Waals surface area contributed by atoms with Crippen molar-refractivity contribution < 1.29 is 28.7 Å². The fourth-order valence-electron chi connectivity index (χ4n) is 3.98. The molecule has 4 atom stereocenters. The first-order valence-electron chi connectivity index (χ1n) is 8.18. The van der Waals surface area contributed by atoms with Crippen molar-refractivity contribution in [1.82, 2.24) is 0 Å². The third-order valence-electron chi connectivity index (χ3n) is 5.45. The molecule has 2 heterocycles. The van der Waals surface area contributed by atoms with E-state index in [-0.39, 0.29) is 30.1 Å². The van der Waals surface area contributed by atoms with Gasteiger partial charge in [-0.1, -0.05) is 6.92 Å². The summed E-state index contributed by atoms with van der Waals surface area (Å²) in [4.78, 5) is 40.7. The molecule has 6 nitrogen and oxygen atoms in total. The lowest BCUT2D eigenvalue weighted by Crippen LogP contribution is -2.49. The largest absolute Gasteiger partial charge is 0.462 e. The average Bonchev–Trinajstić information content (AvgIpc) is 2.61. The minimum absolute atomic E-state index is 0.0497. The fourth-order valence-corrected chi connectivity index (χ4v) is 3.98. The first-order valence-corrected chi connectivity index (χ1v) is 8.18. The van der Waals surface area contributed by atoms with E-state index in [0.29, 0.717) is 18.8 Å². The Kier molecular flexibility index (Phi) is 4.95. The molecule has 2 aliphatic carbocycles. The molecule has 6 heteroatoms. The van der Waals surface area contributed by atoms with E-state index >= 15 is 0 Å². The van der Waals surface area contributed by atoms with Crippen LogP contribution in [0.4, 0.5) is 0 Å². The molecule has 4 unspecified atom stereocenters. The number of hydrogen-bond donors (Lipinski definition) is 0. The Morgan fingerprint density at radius 3 is 2.57 bits per heavy atom. The second-order valence-corrected chi connectivity index (χ2v) is 7.60. The predicted molar refractivity (Wildman–Crippen MR) is 77.8 cm³/mol. The molecule has 0 aromatic carbocycles. The maximum Gasteiger partial charge on any atom is 0.373 e. The van der Waals surface area contributed by atoms with Crippen molar-refractivity contribution in [2.24, 2.45) is 17.3 Å². The van der Waals surface area contributed by atoms with E-state index in [9.17, 15) is 9.59 Å². The van der Waals surface area contributed by atoms with Gasteiger partial charge in [0.15, 0.2) is 0 Å². The van der Waals surface area contributed by atoms with Gasteiger partial charge in [-0.15, -0.1) is 0 Å². The topological polar surface area (TPSA) is 86.7 Å². The van der Waals surface area contributed by atoms with Crippen LogP contribution in [0.5, 0.6) is 0 Å². The van der Waals surface area contributed by atoms with Crippen molar-refractivity contribution in [2.45, 2.75) is 71.0 Å². The van der Waals surface area contributed by atoms with Crippen LogP contribution in [0.25, 0.3) is 0 Å². The van der Waals surface area contributed by atoms with E-state index < -0.39 is 11.0 Å². The Morgan fingerprint density at radius 2 is 1.96 bits per heavy atom. The molecule has 2 saturated carbocycles. The van der Waals surface area contributed by atoms with Gasteiger partial charge in [0.25, 0.3) is 0 Å². The molecule has 2 aliphatic heterocycles. The summed E-state index contributed by atoms with van der Waals surface area (Å²) in [5, 5.41) is 0. The van der Waals surface area contributed by atoms with E-state index in [0.717, 1.165) is 25.7 Å². The normalized spacial score (nSPS) is 34.6. The maximum absolute atomic E-state index is 12.4. The number of hydrogen-bond acceptors (Lipinski definition) is 6. The Bertz CT molecular complexity index is 519. The first kappa shape index (κ1) is 17.7. The first-order chi connectivity index (χ1) is 10.7. The van der Waals surface area contributed by atoms with Crippen molar-refractivity contribution in [1.29, 1.82) is 0 Å². The van der Waals surface area contributed by atoms with Gasteiger partial charge < -0.3 is 9.47 Å². The number of esters is 2. The van der Waals surface area contributed by atoms with Crippen molar-refractivity contribution in [3.05, 3.63) is 0 Å². The van der Waals surface area contributed by atoms with Gasteiger partial charge in [0.2, 0.25) is 0 Å². The lowest BCUT2D eigenvalue weighted by atomic mass is 9.65. The second-order valence-electron chi connectivity index (χ2n) is 7.60. The maximum atomic E-state index is 12.4. The van der Waals surface area contributed by atoms with Gasteiger partial charge in [-0.3, -0.25) is 9.59 Å². The molecule has 0 amide bonds. The van der Waals surface area contributed by atoms with E-state index in [1.807, 2.05) is 20.8 Å². The van der Waals surface area contributed by atoms with Crippen LogP contribution in [0.3, 0.4) is 0 Å². The second kappa shape index (κ2) is 6.44. The standard InChI is InChI=1S/C16H24O4.CO2/c1-4-15(2,3)14(18)20-16-7-10-5-11(8-16)13(17)19-12(6-10)9-16;2-1-3/h10-12H,4-9H2,1-3H3;. The monoisotopic (exact) mass is 324 g/mol. The summed E-state index contributed by atoms with van der Waals surface area (Å²) in [6, 6.07) is 0. The fraction of sp³-hybridized carbons (Fsp3) is 0.824. The summed E-state index contributed by atoms with van der Waals surface area (Å²) < 4.78 is 11.5. The molecule has 0 N–H and O–H groups in total. The number of carbonyl (C=O) groups is 2. The highest BCUT2D eigenvalue weighted by Crippen LogP contribution is 2.51. The van der Waals surface area contributed by atoms with E-state index in [2.05, 4.69) is 0 Å². The van der Waals surface area contributed by atoms with E-state index in [1.54, 1.807) is 0 Å². The molecular weight excluding hydrogens is 300 g/mol. The zero-order valence-electron chi connectivity index (χ0n) is 13.9. The molecule has 4 rings (SSSR count). The molecule has 23 heavy (non-hydrogen) atoms. The van der Waals surface area contributed by atoms with Gasteiger partial charge in [0.05, 0.1) is 11.3 Å². The predicted octanol–water partition coefficient (Wildman–Crippen LogP) is 2.26. The van der Waals surface area contributed by atoms with Crippen molar-refractivity contribution in [3.63, 3.8) is 0 Å². The highest BCUT2D eigenvalue weighted by Gasteiger charge is 2.55. The van der Waals surface area contributed by atoms with Crippen molar-refractivity contribution >= 4 is 18.1 Å². The summed E-state index contributed by atoms with van der Waals surface area (Å²) in [5.74, 6) is 0.189. The molecular formula is C17H24O6. The van der Waals surface area contributed by atoms with Crippen LogP contribution in [0.15, 0.2) is 0 Å². The SMILES string of the molecule is CCC(C)(C)C(=O)OC12CC3CC(C1)OC(=O)C(C3)C2.O=C=O. The molecule has 2 saturated heterocycles. The van der Waals surface area contributed by atoms with Crippen LogP contribution in [-0.2, 0) is 28.7 Å². The van der Waals surface area contributed by atoms with Gasteiger partial charge in [0, 0.05) is 12.8 Å². The Hall–Kier alpha value is -1.68. The molecule has 0 spiro atoms. The van der Waals surface area contributed by atoms with E-state index in [4.69, 9.17) is 19.1 Å². The molecule has 4 aliphatic rings. The molecule has 128 valence electrons.